The molecule has 0 amide bonds. The van der Waals surface area contributed by atoms with Gasteiger partial charge >= 0.3 is 0 Å². The molecule has 2 heterocycles. The van der Waals surface area contributed by atoms with Crippen LogP contribution in [-0.4, -0.2) is 40.9 Å². The molecule has 1 aromatic carbocycles. The molecule has 4 fully saturated rings. The molecule has 5 rings (SSSR count). The van der Waals surface area contributed by atoms with Gasteiger partial charge in [-0.1, -0.05) is 68.9 Å². The molecule has 0 bridgehead atoms. The Labute approximate surface area is 181 Å². The Bertz CT molecular complexity index is 741. The van der Waals surface area contributed by atoms with Gasteiger partial charge in [0.25, 0.3) is 0 Å². The summed E-state index contributed by atoms with van der Waals surface area (Å²) in [5.74, 6) is 1.29. The molecule has 0 unspecified atom stereocenters. The highest BCUT2D eigenvalue weighted by Crippen LogP contribution is 2.50. The quantitative estimate of drug-likeness (QED) is 0.572. The SMILES string of the molecule is S=C1N(c2ccccc2)C(=NC2CCCCC2)[C@@H](N2CCCC2)C12CCCCC2. The van der Waals surface area contributed by atoms with Crippen LogP contribution in [0.2, 0.25) is 0 Å². The van der Waals surface area contributed by atoms with E-state index in [-0.39, 0.29) is 5.41 Å². The Morgan fingerprint density at radius 3 is 2.17 bits per heavy atom. The van der Waals surface area contributed by atoms with Gasteiger partial charge in [-0.15, -0.1) is 0 Å². The van der Waals surface area contributed by atoms with Crippen LogP contribution >= 0.6 is 12.2 Å². The highest BCUT2D eigenvalue weighted by Gasteiger charge is 2.57. The maximum absolute atomic E-state index is 6.33. The van der Waals surface area contributed by atoms with Crippen molar-refractivity contribution in [2.75, 3.05) is 18.0 Å². The molecule has 2 saturated heterocycles. The molecular formula is C25H35N3S. The lowest BCUT2D eigenvalue weighted by molar-refractivity contribution is 0.154. The smallest absolute Gasteiger partial charge is 0.127 e. The van der Waals surface area contributed by atoms with E-state index in [1.807, 2.05) is 0 Å². The van der Waals surface area contributed by atoms with Gasteiger partial charge in [0.15, 0.2) is 0 Å². The van der Waals surface area contributed by atoms with Crippen LogP contribution in [0, 0.1) is 5.41 Å². The van der Waals surface area contributed by atoms with Crippen LogP contribution in [0.15, 0.2) is 35.3 Å². The predicted molar refractivity (Wildman–Crippen MR) is 126 cm³/mol. The maximum Gasteiger partial charge on any atom is 0.127 e. The minimum Gasteiger partial charge on any atom is -0.293 e. The summed E-state index contributed by atoms with van der Waals surface area (Å²) < 4.78 is 0. The number of aliphatic imine (C=N–C) groups is 1. The molecule has 1 aromatic rings. The lowest BCUT2D eigenvalue weighted by Gasteiger charge is -2.41. The van der Waals surface area contributed by atoms with E-state index in [1.165, 1.54) is 102 Å². The minimum atomic E-state index is 0.112. The second-order valence-corrected chi connectivity index (χ2v) is 10.0. The molecule has 0 N–H and O–H groups in total. The van der Waals surface area contributed by atoms with Crippen LogP contribution in [0.3, 0.4) is 0 Å². The second-order valence-electron chi connectivity index (χ2n) is 9.62. The number of anilines is 1. The van der Waals surface area contributed by atoms with Crippen molar-refractivity contribution >= 4 is 28.7 Å². The van der Waals surface area contributed by atoms with Crippen LogP contribution in [0.25, 0.3) is 0 Å². The predicted octanol–water partition coefficient (Wildman–Crippen LogP) is 5.98. The molecule has 1 atom stereocenters. The number of benzene rings is 1. The van der Waals surface area contributed by atoms with Crippen molar-refractivity contribution in [1.29, 1.82) is 0 Å². The summed E-state index contributed by atoms with van der Waals surface area (Å²) in [6, 6.07) is 11.7. The zero-order valence-electron chi connectivity index (χ0n) is 17.7. The number of likely N-dealkylation sites (tertiary alicyclic amines) is 1. The Morgan fingerprint density at radius 2 is 1.48 bits per heavy atom. The van der Waals surface area contributed by atoms with Crippen LogP contribution < -0.4 is 4.90 Å². The van der Waals surface area contributed by atoms with Crippen molar-refractivity contribution in [3.63, 3.8) is 0 Å². The first-order valence-electron chi connectivity index (χ1n) is 12.0. The number of hydrogen-bond acceptors (Lipinski definition) is 3. The minimum absolute atomic E-state index is 0.112. The Morgan fingerprint density at radius 1 is 0.828 bits per heavy atom. The summed E-state index contributed by atoms with van der Waals surface area (Å²) in [5, 5.41) is 0. The van der Waals surface area contributed by atoms with Crippen molar-refractivity contribution in [1.82, 2.24) is 4.90 Å². The fraction of sp³-hybridized carbons (Fsp3) is 0.680. The van der Waals surface area contributed by atoms with Crippen molar-refractivity contribution in [2.45, 2.75) is 89.1 Å². The molecule has 1 spiro atoms. The van der Waals surface area contributed by atoms with Crippen molar-refractivity contribution in [3.8, 4) is 0 Å². The van der Waals surface area contributed by atoms with E-state index < -0.39 is 0 Å². The summed E-state index contributed by atoms with van der Waals surface area (Å²) in [6.07, 6.45) is 15.6. The zero-order valence-corrected chi connectivity index (χ0v) is 18.5. The number of nitrogens with zero attached hydrogens (tertiary/aromatic N) is 3. The summed E-state index contributed by atoms with van der Waals surface area (Å²) in [4.78, 5) is 11.9. The third-order valence-corrected chi connectivity index (χ3v) is 8.37. The first-order valence-corrected chi connectivity index (χ1v) is 12.4. The number of hydrogen-bond donors (Lipinski definition) is 0. The van der Waals surface area contributed by atoms with Crippen molar-refractivity contribution in [3.05, 3.63) is 30.3 Å². The number of thiocarbonyl (C=S) groups is 1. The number of rotatable bonds is 3. The van der Waals surface area contributed by atoms with Crippen molar-refractivity contribution < 1.29 is 0 Å². The molecule has 4 aliphatic rings. The number of para-hydroxylation sites is 1. The highest BCUT2D eigenvalue weighted by molar-refractivity contribution is 7.80. The highest BCUT2D eigenvalue weighted by atomic mass is 32.1. The van der Waals surface area contributed by atoms with Gasteiger partial charge < -0.3 is 0 Å². The summed E-state index contributed by atoms with van der Waals surface area (Å²) in [6.45, 7) is 2.42. The molecule has 29 heavy (non-hydrogen) atoms. The van der Waals surface area contributed by atoms with Gasteiger partial charge in [-0.2, -0.15) is 0 Å². The second kappa shape index (κ2) is 8.47. The lowest BCUT2D eigenvalue weighted by atomic mass is 9.70. The zero-order chi connectivity index (χ0) is 19.7. The van der Waals surface area contributed by atoms with Crippen LogP contribution in [0.5, 0.6) is 0 Å². The van der Waals surface area contributed by atoms with Crippen molar-refractivity contribution in [2.24, 2.45) is 10.4 Å². The van der Waals surface area contributed by atoms with E-state index in [2.05, 4.69) is 40.1 Å². The van der Waals surface area contributed by atoms with Crippen LogP contribution in [0.4, 0.5) is 5.69 Å². The van der Waals surface area contributed by atoms with E-state index in [1.54, 1.807) is 0 Å². The Balaban J connectivity index is 1.62. The van der Waals surface area contributed by atoms with E-state index in [9.17, 15) is 0 Å². The van der Waals surface area contributed by atoms with E-state index >= 15 is 0 Å². The molecule has 0 radical (unpaired) electrons. The van der Waals surface area contributed by atoms with E-state index in [4.69, 9.17) is 17.2 Å². The fourth-order valence-corrected chi connectivity index (χ4v) is 6.86. The van der Waals surface area contributed by atoms with Gasteiger partial charge in [-0.25, -0.2) is 0 Å². The summed E-state index contributed by atoms with van der Waals surface area (Å²) >= 11 is 6.33. The molecule has 2 saturated carbocycles. The normalized spacial score (nSPS) is 29.9. The van der Waals surface area contributed by atoms with Gasteiger partial charge in [0.1, 0.15) is 5.84 Å². The van der Waals surface area contributed by atoms with E-state index in [0.29, 0.717) is 12.1 Å². The van der Waals surface area contributed by atoms with Gasteiger partial charge in [0.05, 0.1) is 17.1 Å². The monoisotopic (exact) mass is 409 g/mol. The molecule has 2 aliphatic carbocycles. The van der Waals surface area contributed by atoms with E-state index in [0.717, 1.165) is 4.99 Å². The fourth-order valence-electron chi connectivity index (χ4n) is 6.35. The Hall–Kier alpha value is -1.26. The molecule has 4 heteroatoms. The third-order valence-electron chi connectivity index (χ3n) is 7.78. The molecule has 2 aliphatic heterocycles. The van der Waals surface area contributed by atoms with Crippen LogP contribution in [0.1, 0.15) is 77.0 Å². The molecule has 3 nitrogen and oxygen atoms in total. The lowest BCUT2D eigenvalue weighted by Crippen LogP contribution is -2.50. The first kappa shape index (κ1) is 19.7. The number of amidine groups is 1. The van der Waals surface area contributed by atoms with Crippen LogP contribution in [-0.2, 0) is 0 Å². The summed E-state index contributed by atoms with van der Waals surface area (Å²) in [7, 11) is 0. The Kier molecular flexibility index (Phi) is 5.75. The first-order chi connectivity index (χ1) is 14.3. The molecular weight excluding hydrogens is 374 g/mol. The van der Waals surface area contributed by atoms with Gasteiger partial charge in [-0.3, -0.25) is 14.8 Å². The third kappa shape index (κ3) is 3.57. The largest absolute Gasteiger partial charge is 0.293 e. The standard InChI is InChI=1S/C25H35N3S/c29-24-25(16-8-3-9-17-25)22(27-18-10-11-19-27)23(26-20-12-4-1-5-13-20)28(24)21-14-6-2-7-15-21/h2,6-7,14-15,20,22H,1,3-5,8-13,16-19H2/t22-/m1/s1. The average molecular weight is 410 g/mol. The maximum atomic E-state index is 6.33. The summed E-state index contributed by atoms with van der Waals surface area (Å²) in [5.41, 5.74) is 1.33. The van der Waals surface area contributed by atoms with Gasteiger partial charge in [-0.05, 0) is 63.7 Å². The molecule has 0 aromatic heterocycles. The van der Waals surface area contributed by atoms with Gasteiger partial charge in [0.2, 0.25) is 0 Å². The average Bonchev–Trinajstić information content (AvgIpc) is 3.36. The van der Waals surface area contributed by atoms with Gasteiger partial charge in [0, 0.05) is 11.1 Å². The molecule has 156 valence electrons. The topological polar surface area (TPSA) is 18.8 Å².